The average Bonchev–Trinajstić information content (AvgIpc) is 2.29. The number of rotatable bonds is 2. The summed E-state index contributed by atoms with van der Waals surface area (Å²) in [5.74, 6) is 0. The van der Waals surface area contributed by atoms with E-state index in [1.165, 1.54) is 4.88 Å². The van der Waals surface area contributed by atoms with Gasteiger partial charge in [-0.25, -0.2) is 0 Å². The van der Waals surface area contributed by atoms with Crippen molar-refractivity contribution >= 4 is 11.3 Å². The molecule has 1 heterocycles. The van der Waals surface area contributed by atoms with Crippen LogP contribution in [0.1, 0.15) is 29.2 Å². The van der Waals surface area contributed by atoms with Gasteiger partial charge in [0.15, 0.2) is 0 Å². The van der Waals surface area contributed by atoms with E-state index in [4.69, 9.17) is 10.8 Å². The van der Waals surface area contributed by atoms with Gasteiger partial charge in [-0.05, 0) is 32.4 Å². The number of aryl methyl sites for hydroxylation is 1. The molecule has 0 bridgehead atoms. The number of nitrogens with two attached hydrogens (primary N) is 1. The van der Waals surface area contributed by atoms with Crippen LogP contribution in [-0.4, -0.2) is 5.11 Å². The first-order valence-electron chi connectivity index (χ1n) is 3.94. The van der Waals surface area contributed by atoms with E-state index in [1.807, 2.05) is 26.8 Å². The second kappa shape index (κ2) is 3.17. The fourth-order valence-electron chi connectivity index (χ4n) is 1.26. The molecule has 0 spiro atoms. The first kappa shape index (κ1) is 9.71. The summed E-state index contributed by atoms with van der Waals surface area (Å²) in [5, 5.41) is 8.91. The van der Waals surface area contributed by atoms with Crippen molar-refractivity contribution in [3.8, 4) is 0 Å². The molecule has 0 atom stereocenters. The zero-order valence-electron chi connectivity index (χ0n) is 7.72. The van der Waals surface area contributed by atoms with Crippen molar-refractivity contribution in [2.24, 2.45) is 5.73 Å². The van der Waals surface area contributed by atoms with Crippen LogP contribution in [0.2, 0.25) is 0 Å². The number of hydrogen-bond donors (Lipinski definition) is 2. The molecule has 0 saturated heterocycles. The molecule has 0 amide bonds. The Morgan fingerprint density at radius 1 is 1.58 bits per heavy atom. The molecule has 0 unspecified atom stereocenters. The number of hydrogen-bond acceptors (Lipinski definition) is 3. The second-order valence-corrected chi connectivity index (χ2v) is 4.90. The Labute approximate surface area is 77.0 Å². The van der Waals surface area contributed by atoms with Crippen LogP contribution < -0.4 is 5.73 Å². The maximum absolute atomic E-state index is 8.91. The van der Waals surface area contributed by atoms with Gasteiger partial charge in [-0.3, -0.25) is 0 Å². The van der Waals surface area contributed by atoms with E-state index in [0.29, 0.717) is 0 Å². The van der Waals surface area contributed by atoms with Gasteiger partial charge in [-0.15, -0.1) is 11.3 Å². The summed E-state index contributed by atoms with van der Waals surface area (Å²) in [5.41, 5.74) is 6.79. The lowest BCUT2D eigenvalue weighted by Crippen LogP contribution is -2.28. The molecule has 0 aliphatic rings. The van der Waals surface area contributed by atoms with E-state index in [9.17, 15) is 0 Å². The maximum atomic E-state index is 8.91. The predicted octanol–water partition coefficient (Wildman–Crippen LogP) is 1.74. The van der Waals surface area contributed by atoms with Crippen molar-refractivity contribution in [1.29, 1.82) is 0 Å². The highest BCUT2D eigenvalue weighted by atomic mass is 32.1. The van der Waals surface area contributed by atoms with Crippen molar-refractivity contribution < 1.29 is 5.11 Å². The molecule has 3 heteroatoms. The molecule has 2 nitrogen and oxygen atoms in total. The van der Waals surface area contributed by atoms with Crippen molar-refractivity contribution in [2.45, 2.75) is 32.9 Å². The first-order chi connectivity index (χ1) is 5.45. The average molecular weight is 185 g/mol. The molecule has 12 heavy (non-hydrogen) atoms. The van der Waals surface area contributed by atoms with E-state index in [-0.39, 0.29) is 12.1 Å². The normalized spacial score (nSPS) is 12.1. The van der Waals surface area contributed by atoms with Crippen LogP contribution >= 0.6 is 11.3 Å². The van der Waals surface area contributed by atoms with Gasteiger partial charge in [-0.2, -0.15) is 0 Å². The highest BCUT2D eigenvalue weighted by Gasteiger charge is 2.18. The van der Waals surface area contributed by atoms with Crippen molar-refractivity contribution in [1.82, 2.24) is 0 Å². The van der Waals surface area contributed by atoms with Gasteiger partial charge in [0.25, 0.3) is 0 Å². The highest BCUT2D eigenvalue weighted by Crippen LogP contribution is 2.28. The zero-order valence-corrected chi connectivity index (χ0v) is 8.53. The van der Waals surface area contributed by atoms with Crippen molar-refractivity contribution in [3.63, 3.8) is 0 Å². The molecule has 68 valence electrons. The summed E-state index contributed by atoms with van der Waals surface area (Å²) >= 11 is 1.61. The van der Waals surface area contributed by atoms with Crippen LogP contribution in [-0.2, 0) is 12.1 Å². The molecule has 3 N–H and O–H groups in total. The SMILES string of the molecule is Cc1sc(CO)cc1C(C)(C)N. The minimum absolute atomic E-state index is 0.113. The van der Waals surface area contributed by atoms with Gasteiger partial charge in [0, 0.05) is 15.3 Å². The van der Waals surface area contributed by atoms with Gasteiger partial charge >= 0.3 is 0 Å². The van der Waals surface area contributed by atoms with Crippen LogP contribution in [0.25, 0.3) is 0 Å². The molecule has 1 rings (SSSR count). The van der Waals surface area contributed by atoms with E-state index < -0.39 is 0 Å². The van der Waals surface area contributed by atoms with Crippen LogP contribution in [0.15, 0.2) is 6.07 Å². The monoisotopic (exact) mass is 185 g/mol. The quantitative estimate of drug-likeness (QED) is 0.737. The largest absolute Gasteiger partial charge is 0.391 e. The molecule has 0 radical (unpaired) electrons. The Kier molecular flexibility index (Phi) is 2.56. The van der Waals surface area contributed by atoms with Crippen LogP contribution in [0, 0.1) is 6.92 Å². The summed E-state index contributed by atoms with van der Waals surface area (Å²) in [7, 11) is 0. The molecule has 0 aliphatic carbocycles. The van der Waals surface area contributed by atoms with Gasteiger partial charge in [0.1, 0.15) is 0 Å². The number of thiophene rings is 1. The Balaban J connectivity index is 3.08. The van der Waals surface area contributed by atoms with E-state index >= 15 is 0 Å². The zero-order chi connectivity index (χ0) is 9.35. The smallest absolute Gasteiger partial charge is 0.0774 e. The molecule has 0 fully saturated rings. The third-order valence-electron chi connectivity index (χ3n) is 1.82. The van der Waals surface area contributed by atoms with Crippen LogP contribution in [0.4, 0.5) is 0 Å². The minimum atomic E-state index is -0.298. The molecular formula is C9H15NOS. The lowest BCUT2D eigenvalue weighted by atomic mass is 9.96. The summed E-state index contributed by atoms with van der Waals surface area (Å²) < 4.78 is 0. The summed E-state index contributed by atoms with van der Waals surface area (Å²) in [6.07, 6.45) is 0. The van der Waals surface area contributed by atoms with E-state index in [1.54, 1.807) is 11.3 Å². The molecular weight excluding hydrogens is 170 g/mol. The summed E-state index contributed by atoms with van der Waals surface area (Å²) in [6, 6.07) is 1.99. The van der Waals surface area contributed by atoms with Crippen molar-refractivity contribution in [3.05, 3.63) is 21.4 Å². The van der Waals surface area contributed by atoms with Gasteiger partial charge in [-0.1, -0.05) is 0 Å². The molecule has 0 aromatic carbocycles. The fourth-order valence-corrected chi connectivity index (χ4v) is 2.33. The second-order valence-electron chi connectivity index (χ2n) is 3.56. The molecule has 0 saturated carbocycles. The summed E-state index contributed by atoms with van der Waals surface area (Å²) in [6.45, 7) is 6.10. The van der Waals surface area contributed by atoms with E-state index in [0.717, 1.165) is 10.4 Å². The molecule has 1 aromatic heterocycles. The predicted molar refractivity (Wildman–Crippen MR) is 52.2 cm³/mol. The third kappa shape index (κ3) is 1.86. The standard InChI is InChI=1S/C9H15NOS/c1-6-8(9(2,3)10)4-7(5-11)12-6/h4,11H,5,10H2,1-3H3. The fraction of sp³-hybridized carbons (Fsp3) is 0.556. The lowest BCUT2D eigenvalue weighted by Gasteiger charge is -2.18. The Morgan fingerprint density at radius 3 is 2.42 bits per heavy atom. The maximum Gasteiger partial charge on any atom is 0.0774 e. The lowest BCUT2D eigenvalue weighted by molar-refractivity contribution is 0.285. The molecule has 0 aliphatic heterocycles. The number of aliphatic hydroxyl groups is 1. The van der Waals surface area contributed by atoms with E-state index in [2.05, 4.69) is 0 Å². The van der Waals surface area contributed by atoms with Gasteiger partial charge < -0.3 is 10.8 Å². The van der Waals surface area contributed by atoms with Crippen LogP contribution in [0.5, 0.6) is 0 Å². The van der Waals surface area contributed by atoms with Crippen molar-refractivity contribution in [2.75, 3.05) is 0 Å². The Bertz CT molecular complexity index is 273. The Hall–Kier alpha value is -0.380. The molecule has 1 aromatic rings. The minimum Gasteiger partial charge on any atom is -0.391 e. The Morgan fingerprint density at radius 2 is 2.17 bits per heavy atom. The first-order valence-corrected chi connectivity index (χ1v) is 4.76. The third-order valence-corrected chi connectivity index (χ3v) is 2.85. The topological polar surface area (TPSA) is 46.2 Å². The summed E-state index contributed by atoms with van der Waals surface area (Å²) in [4.78, 5) is 2.19. The highest BCUT2D eigenvalue weighted by molar-refractivity contribution is 7.12. The van der Waals surface area contributed by atoms with Crippen LogP contribution in [0.3, 0.4) is 0 Å². The van der Waals surface area contributed by atoms with Gasteiger partial charge in [0.2, 0.25) is 0 Å². The van der Waals surface area contributed by atoms with Gasteiger partial charge in [0.05, 0.1) is 6.61 Å². The number of aliphatic hydroxyl groups excluding tert-OH is 1.